The molecule has 10 heteroatoms. The van der Waals surface area contributed by atoms with E-state index in [4.69, 9.17) is 4.98 Å². The Balaban J connectivity index is 1.49. The Labute approximate surface area is 210 Å². The van der Waals surface area contributed by atoms with Crippen LogP contribution < -0.4 is 0 Å². The molecule has 4 aromatic heterocycles. The van der Waals surface area contributed by atoms with Crippen molar-refractivity contribution in [1.29, 1.82) is 0 Å². The lowest BCUT2D eigenvalue weighted by atomic mass is 10.0. The van der Waals surface area contributed by atoms with Gasteiger partial charge in [-0.25, -0.2) is 15.1 Å². The molecule has 0 fully saturated rings. The third kappa shape index (κ3) is 4.07. The number of carbonyl (C=O) groups excluding carboxylic acids is 1. The first-order valence-corrected chi connectivity index (χ1v) is 12.3. The van der Waals surface area contributed by atoms with Crippen molar-refractivity contribution >= 4 is 32.9 Å². The summed E-state index contributed by atoms with van der Waals surface area (Å²) in [6.45, 7) is 9.42. The van der Waals surface area contributed by atoms with Gasteiger partial charge in [0.15, 0.2) is 11.5 Å². The van der Waals surface area contributed by atoms with Crippen LogP contribution in [0.25, 0.3) is 22.6 Å². The number of fused-ring (bicyclic) bond motifs is 1. The maximum Gasteiger partial charge on any atom is 0.210 e. The zero-order chi connectivity index (χ0) is 24.7. The number of ketones is 1. The lowest BCUT2D eigenvalue weighted by Crippen LogP contribution is -2.12. The Morgan fingerprint density at radius 3 is 2.49 bits per heavy atom. The molecule has 1 N–H and O–H groups in total. The first-order chi connectivity index (χ1) is 16.9. The fraction of sp³-hybridized carbons (Fsp3) is 0.280. The Kier molecular flexibility index (Phi) is 6.06. The van der Waals surface area contributed by atoms with Gasteiger partial charge in [0, 0.05) is 24.2 Å². The van der Waals surface area contributed by atoms with Crippen molar-refractivity contribution < 1.29 is 4.79 Å². The maximum atomic E-state index is 13.6. The van der Waals surface area contributed by atoms with Gasteiger partial charge in [-0.3, -0.25) is 4.79 Å². The number of imidazole rings is 1. The van der Waals surface area contributed by atoms with Gasteiger partial charge in [-0.05, 0) is 70.4 Å². The molecule has 178 valence electrons. The molecular weight excluding hydrogens is 508 g/mol. The van der Waals surface area contributed by atoms with E-state index in [0.717, 1.165) is 44.8 Å². The van der Waals surface area contributed by atoms with Crippen LogP contribution in [0.4, 0.5) is 0 Å². The number of halogens is 1. The number of nitrogens with zero attached hydrogens (tertiary/aromatic N) is 7. The molecule has 5 rings (SSSR count). The van der Waals surface area contributed by atoms with Crippen LogP contribution in [0.1, 0.15) is 52.5 Å². The summed E-state index contributed by atoms with van der Waals surface area (Å²) in [5.74, 6) is 1.39. The van der Waals surface area contributed by atoms with Gasteiger partial charge in [0.05, 0.1) is 12.1 Å². The van der Waals surface area contributed by atoms with Crippen LogP contribution in [0.15, 0.2) is 41.0 Å². The van der Waals surface area contributed by atoms with Crippen molar-refractivity contribution in [1.82, 2.24) is 39.7 Å². The van der Waals surface area contributed by atoms with E-state index < -0.39 is 0 Å². The minimum Gasteiger partial charge on any atom is -0.342 e. The van der Waals surface area contributed by atoms with Crippen molar-refractivity contribution in [2.75, 3.05) is 0 Å². The highest BCUT2D eigenvalue weighted by Crippen LogP contribution is 2.27. The van der Waals surface area contributed by atoms with Crippen LogP contribution >= 0.6 is 15.9 Å². The van der Waals surface area contributed by atoms with E-state index in [-0.39, 0.29) is 5.78 Å². The first kappa shape index (κ1) is 23.1. The van der Waals surface area contributed by atoms with Gasteiger partial charge in [0.1, 0.15) is 21.6 Å². The molecule has 1 aromatic carbocycles. The average molecular weight is 533 g/mol. The van der Waals surface area contributed by atoms with Crippen LogP contribution in [-0.4, -0.2) is 45.5 Å². The lowest BCUT2D eigenvalue weighted by Gasteiger charge is -2.11. The first-order valence-electron chi connectivity index (χ1n) is 11.5. The molecule has 0 spiro atoms. The highest BCUT2D eigenvalue weighted by atomic mass is 79.9. The summed E-state index contributed by atoms with van der Waals surface area (Å²) in [6.07, 6.45) is 0.802. The highest BCUT2D eigenvalue weighted by Gasteiger charge is 2.23. The lowest BCUT2D eigenvalue weighted by molar-refractivity contribution is 0.103. The van der Waals surface area contributed by atoms with Crippen LogP contribution in [0.3, 0.4) is 0 Å². The third-order valence-electron chi connectivity index (χ3n) is 6.25. The molecule has 0 aliphatic heterocycles. The molecule has 0 unspecified atom stereocenters. The molecule has 0 atom stereocenters. The molecule has 0 saturated heterocycles. The predicted molar refractivity (Wildman–Crippen MR) is 136 cm³/mol. The van der Waals surface area contributed by atoms with Crippen LogP contribution in [0, 0.1) is 13.8 Å². The molecule has 0 aliphatic carbocycles. The van der Waals surface area contributed by atoms with Crippen LogP contribution in [0.2, 0.25) is 0 Å². The molecule has 0 bridgehead atoms. The normalized spacial score (nSPS) is 11.5. The third-order valence-corrected chi connectivity index (χ3v) is 6.66. The van der Waals surface area contributed by atoms with Gasteiger partial charge in [-0.2, -0.15) is 0 Å². The number of aromatic nitrogens is 8. The summed E-state index contributed by atoms with van der Waals surface area (Å²) in [5, 5.41) is 14.1. The number of hydrogen-bond acceptors (Lipinski definition) is 6. The molecule has 0 radical (unpaired) electrons. The quantitative estimate of drug-likeness (QED) is 0.241. The summed E-state index contributed by atoms with van der Waals surface area (Å²) in [7, 11) is 0. The summed E-state index contributed by atoms with van der Waals surface area (Å²) in [6, 6.07) is 11.7. The smallest absolute Gasteiger partial charge is 0.210 e. The van der Waals surface area contributed by atoms with Crippen molar-refractivity contribution in [2.45, 2.75) is 47.2 Å². The summed E-state index contributed by atoms with van der Waals surface area (Å²) < 4.78 is 4.93. The summed E-state index contributed by atoms with van der Waals surface area (Å²) >= 11 is 3.51. The fourth-order valence-corrected chi connectivity index (χ4v) is 5.06. The average Bonchev–Trinajstić information content (AvgIpc) is 3.57. The summed E-state index contributed by atoms with van der Waals surface area (Å²) in [4.78, 5) is 23.1. The number of benzene rings is 1. The number of aryl methyl sites for hydroxylation is 3. The second-order valence-corrected chi connectivity index (χ2v) is 9.28. The topological polar surface area (TPSA) is 107 Å². The number of tetrazole rings is 1. The van der Waals surface area contributed by atoms with Crippen LogP contribution in [-0.2, 0) is 19.5 Å². The second-order valence-electron chi connectivity index (χ2n) is 8.47. The van der Waals surface area contributed by atoms with E-state index in [0.29, 0.717) is 35.7 Å². The van der Waals surface area contributed by atoms with E-state index in [1.54, 1.807) is 0 Å². The number of carbonyl (C=O) groups is 1. The highest BCUT2D eigenvalue weighted by molar-refractivity contribution is 9.10. The number of hydrogen-bond donors (Lipinski definition) is 1. The number of rotatable bonds is 7. The summed E-state index contributed by atoms with van der Waals surface area (Å²) in [5.41, 5.74) is 6.80. The number of H-pyrrole nitrogens is 1. The fourth-order valence-electron chi connectivity index (χ4n) is 4.55. The minimum absolute atomic E-state index is 0.0681. The van der Waals surface area contributed by atoms with E-state index in [2.05, 4.69) is 53.0 Å². The second kappa shape index (κ2) is 9.18. The SMILES string of the molecule is CCc1nc2c(C)cc(Br)nc2n1Cc1ccc(C(=O)c2c(-c3nnn[nH]3)cc(C)n2CC)cc1. The van der Waals surface area contributed by atoms with Gasteiger partial charge in [-0.15, -0.1) is 5.10 Å². The maximum absolute atomic E-state index is 13.6. The van der Waals surface area contributed by atoms with Crippen molar-refractivity contribution in [3.8, 4) is 11.4 Å². The predicted octanol–water partition coefficient (Wildman–Crippen LogP) is 4.65. The Morgan fingerprint density at radius 1 is 1.06 bits per heavy atom. The van der Waals surface area contributed by atoms with Crippen LogP contribution in [0.5, 0.6) is 0 Å². The van der Waals surface area contributed by atoms with E-state index in [9.17, 15) is 4.79 Å². The van der Waals surface area contributed by atoms with E-state index in [1.807, 2.05) is 61.7 Å². The van der Waals surface area contributed by atoms with Crippen molar-refractivity contribution in [3.63, 3.8) is 0 Å². The Bertz CT molecular complexity index is 1530. The molecule has 0 saturated carbocycles. The Hall–Kier alpha value is -3.66. The molecule has 9 nitrogen and oxygen atoms in total. The number of pyridine rings is 1. The van der Waals surface area contributed by atoms with Gasteiger partial charge < -0.3 is 9.13 Å². The molecule has 0 aliphatic rings. The number of nitrogens with one attached hydrogen (secondary N) is 1. The van der Waals surface area contributed by atoms with Crippen molar-refractivity contribution in [3.05, 3.63) is 74.9 Å². The minimum atomic E-state index is -0.0681. The standard InChI is InChI=1S/C25H25BrN8O/c1-5-20-28-21-14(3)11-19(26)27-25(21)34(20)13-16-7-9-17(10-8-16)23(35)22-18(24-29-31-32-30-24)12-15(4)33(22)6-2/h7-12H,5-6,13H2,1-4H3,(H,29,30,31,32). The monoisotopic (exact) mass is 532 g/mol. The molecule has 0 amide bonds. The van der Waals surface area contributed by atoms with E-state index in [1.165, 1.54) is 0 Å². The van der Waals surface area contributed by atoms with E-state index >= 15 is 0 Å². The van der Waals surface area contributed by atoms with Gasteiger partial charge in [0.2, 0.25) is 5.78 Å². The number of aromatic amines is 1. The van der Waals surface area contributed by atoms with Gasteiger partial charge in [0.25, 0.3) is 0 Å². The Morgan fingerprint density at radius 2 is 1.83 bits per heavy atom. The molecule has 5 aromatic rings. The molecule has 35 heavy (non-hydrogen) atoms. The largest absolute Gasteiger partial charge is 0.342 e. The molecule has 4 heterocycles. The zero-order valence-electron chi connectivity index (χ0n) is 20.0. The molecular formula is C25H25BrN8O. The van der Waals surface area contributed by atoms with Gasteiger partial charge >= 0.3 is 0 Å². The van der Waals surface area contributed by atoms with Crippen molar-refractivity contribution in [2.24, 2.45) is 0 Å². The zero-order valence-corrected chi connectivity index (χ0v) is 21.6. The van der Waals surface area contributed by atoms with Gasteiger partial charge in [-0.1, -0.05) is 31.2 Å².